The Kier molecular flexibility index (Phi) is 7.11. The Hall–Kier alpha value is -2.63. The van der Waals surface area contributed by atoms with Crippen LogP contribution < -0.4 is 5.32 Å². The molecular formula is C24H34N2O4. The SMILES string of the molecule is CC(C)(C)c1cc(CCCNC(=O)CN2C=CCC(=O)C2=O)cc(C(C)(C)C)c1O. The topological polar surface area (TPSA) is 86.7 Å². The molecule has 0 bridgehead atoms. The summed E-state index contributed by atoms with van der Waals surface area (Å²) in [6, 6.07) is 4.10. The van der Waals surface area contributed by atoms with Crippen LogP contribution in [0.4, 0.5) is 0 Å². The van der Waals surface area contributed by atoms with Crippen LogP contribution in [0.25, 0.3) is 0 Å². The molecule has 1 aliphatic rings. The number of nitrogens with one attached hydrogen (secondary N) is 1. The molecule has 164 valence electrons. The highest BCUT2D eigenvalue weighted by Gasteiger charge is 2.27. The number of carbonyl (C=O) groups is 3. The van der Waals surface area contributed by atoms with E-state index in [4.69, 9.17) is 0 Å². The van der Waals surface area contributed by atoms with Gasteiger partial charge in [-0.2, -0.15) is 0 Å². The van der Waals surface area contributed by atoms with Gasteiger partial charge in [-0.05, 0) is 40.4 Å². The van der Waals surface area contributed by atoms with E-state index in [1.807, 2.05) is 0 Å². The van der Waals surface area contributed by atoms with Crippen LogP contribution in [-0.2, 0) is 31.6 Å². The van der Waals surface area contributed by atoms with E-state index in [2.05, 4.69) is 59.0 Å². The average molecular weight is 415 g/mol. The molecular weight excluding hydrogens is 380 g/mol. The zero-order valence-electron chi connectivity index (χ0n) is 19.0. The minimum Gasteiger partial charge on any atom is -0.507 e. The van der Waals surface area contributed by atoms with Gasteiger partial charge >= 0.3 is 0 Å². The minimum atomic E-state index is -0.638. The van der Waals surface area contributed by atoms with E-state index in [9.17, 15) is 19.5 Å². The van der Waals surface area contributed by atoms with Gasteiger partial charge in [0.05, 0.1) is 0 Å². The van der Waals surface area contributed by atoms with Crippen LogP contribution >= 0.6 is 0 Å². The van der Waals surface area contributed by atoms with Crippen LogP contribution in [0.1, 0.15) is 71.1 Å². The first kappa shape index (κ1) is 23.6. The summed E-state index contributed by atoms with van der Waals surface area (Å²) < 4.78 is 0. The van der Waals surface area contributed by atoms with Crippen molar-refractivity contribution in [3.8, 4) is 5.75 Å². The number of nitrogens with zero attached hydrogens (tertiary/aromatic N) is 1. The number of aromatic hydroxyl groups is 1. The van der Waals surface area contributed by atoms with Crippen molar-refractivity contribution >= 4 is 17.6 Å². The van der Waals surface area contributed by atoms with E-state index in [0.29, 0.717) is 12.3 Å². The smallest absolute Gasteiger partial charge is 0.294 e. The number of phenols is 1. The van der Waals surface area contributed by atoms with Gasteiger partial charge in [0.25, 0.3) is 5.91 Å². The fourth-order valence-electron chi connectivity index (χ4n) is 3.44. The lowest BCUT2D eigenvalue weighted by molar-refractivity contribution is -0.144. The monoisotopic (exact) mass is 414 g/mol. The zero-order chi connectivity index (χ0) is 22.7. The van der Waals surface area contributed by atoms with Crippen molar-refractivity contribution in [3.63, 3.8) is 0 Å². The summed E-state index contributed by atoms with van der Waals surface area (Å²) in [4.78, 5) is 36.4. The lowest BCUT2D eigenvalue weighted by Gasteiger charge is -2.28. The molecule has 6 heteroatoms. The van der Waals surface area contributed by atoms with E-state index >= 15 is 0 Å². The first-order chi connectivity index (χ1) is 13.8. The molecule has 0 spiro atoms. The molecule has 0 aliphatic carbocycles. The van der Waals surface area contributed by atoms with Gasteiger partial charge in [0, 0.05) is 19.2 Å². The predicted octanol–water partition coefficient (Wildman–Crippen LogP) is 3.35. The molecule has 0 unspecified atom stereocenters. The van der Waals surface area contributed by atoms with Crippen LogP contribution in [0.5, 0.6) is 5.75 Å². The molecule has 2 N–H and O–H groups in total. The van der Waals surface area contributed by atoms with Gasteiger partial charge in [-0.25, -0.2) is 0 Å². The Morgan fingerprint density at radius 1 is 1.07 bits per heavy atom. The van der Waals surface area contributed by atoms with E-state index in [1.165, 1.54) is 6.20 Å². The molecule has 0 aromatic heterocycles. The van der Waals surface area contributed by atoms with Crippen molar-refractivity contribution in [2.75, 3.05) is 13.1 Å². The third-order valence-corrected chi connectivity index (χ3v) is 5.15. The number of Topliss-reactive ketones (excluding diaryl/α,β-unsaturated/α-hetero) is 1. The summed E-state index contributed by atoms with van der Waals surface area (Å²) in [5.74, 6) is -1.07. The molecule has 0 atom stereocenters. The van der Waals surface area contributed by atoms with Gasteiger partial charge < -0.3 is 15.3 Å². The van der Waals surface area contributed by atoms with E-state index < -0.39 is 11.7 Å². The van der Waals surface area contributed by atoms with Crippen molar-refractivity contribution in [3.05, 3.63) is 41.1 Å². The summed E-state index contributed by atoms with van der Waals surface area (Å²) >= 11 is 0. The fourth-order valence-corrected chi connectivity index (χ4v) is 3.44. The summed E-state index contributed by atoms with van der Waals surface area (Å²) in [5, 5.41) is 13.6. The average Bonchev–Trinajstić information content (AvgIpc) is 2.61. The van der Waals surface area contributed by atoms with E-state index in [0.717, 1.165) is 34.4 Å². The molecule has 0 fully saturated rings. The second kappa shape index (κ2) is 9.02. The van der Waals surface area contributed by atoms with Crippen LogP contribution in [0.15, 0.2) is 24.4 Å². The maximum absolute atomic E-state index is 12.1. The maximum Gasteiger partial charge on any atom is 0.294 e. The normalized spacial score (nSPS) is 14.9. The number of phenolic OH excluding ortho intramolecular Hbond substituents is 1. The van der Waals surface area contributed by atoms with Crippen molar-refractivity contribution in [1.82, 2.24) is 10.2 Å². The highest BCUT2D eigenvalue weighted by molar-refractivity contribution is 6.37. The first-order valence-corrected chi connectivity index (χ1v) is 10.4. The molecule has 30 heavy (non-hydrogen) atoms. The van der Waals surface area contributed by atoms with Gasteiger partial charge in [-0.1, -0.05) is 59.8 Å². The zero-order valence-corrected chi connectivity index (χ0v) is 19.0. The summed E-state index contributed by atoms with van der Waals surface area (Å²) in [6.45, 7) is 12.8. The second-order valence-electron chi connectivity index (χ2n) is 9.94. The van der Waals surface area contributed by atoms with Crippen molar-refractivity contribution in [1.29, 1.82) is 0 Å². The third kappa shape index (κ3) is 5.94. The maximum atomic E-state index is 12.1. The molecule has 1 heterocycles. The lowest BCUT2D eigenvalue weighted by atomic mass is 9.78. The number of amides is 2. The predicted molar refractivity (Wildman–Crippen MR) is 117 cm³/mol. The Labute approximate surface area is 179 Å². The highest BCUT2D eigenvalue weighted by Crippen LogP contribution is 2.39. The fraction of sp³-hybridized carbons (Fsp3) is 0.542. The standard InChI is InChI=1S/C24H34N2O4/c1-23(2,3)17-13-16(14-18(21(17)29)24(4,5)6)9-7-11-25-20(28)15-26-12-8-10-19(27)22(26)30/h8,12-14,29H,7,9-11,15H2,1-6H3,(H,25,28). The van der Waals surface area contributed by atoms with Crippen LogP contribution in [0, 0.1) is 0 Å². The van der Waals surface area contributed by atoms with Crippen LogP contribution in [0.3, 0.4) is 0 Å². The molecule has 2 amide bonds. The summed E-state index contributed by atoms with van der Waals surface area (Å²) in [5.41, 5.74) is 2.61. The molecule has 0 saturated carbocycles. The van der Waals surface area contributed by atoms with Gasteiger partial charge in [0.2, 0.25) is 11.7 Å². The minimum absolute atomic E-state index is 0.0939. The molecule has 6 nitrogen and oxygen atoms in total. The quantitative estimate of drug-likeness (QED) is 0.552. The Morgan fingerprint density at radius 2 is 1.63 bits per heavy atom. The Morgan fingerprint density at radius 3 is 2.17 bits per heavy atom. The molecule has 0 saturated heterocycles. The Balaban J connectivity index is 1.98. The number of aryl methyl sites for hydroxylation is 1. The largest absolute Gasteiger partial charge is 0.507 e. The summed E-state index contributed by atoms with van der Waals surface area (Å²) in [7, 11) is 0. The van der Waals surface area contributed by atoms with E-state index in [1.54, 1.807) is 6.08 Å². The molecule has 0 radical (unpaired) electrons. The van der Waals surface area contributed by atoms with Gasteiger partial charge in [-0.3, -0.25) is 14.4 Å². The number of hydrogen-bond donors (Lipinski definition) is 2. The number of rotatable bonds is 6. The third-order valence-electron chi connectivity index (χ3n) is 5.15. The number of ketones is 1. The summed E-state index contributed by atoms with van der Waals surface area (Å²) in [6.07, 6.45) is 4.65. The van der Waals surface area contributed by atoms with Crippen molar-refractivity contribution in [2.24, 2.45) is 0 Å². The highest BCUT2D eigenvalue weighted by atomic mass is 16.3. The van der Waals surface area contributed by atoms with Gasteiger partial charge in [-0.15, -0.1) is 0 Å². The van der Waals surface area contributed by atoms with Gasteiger partial charge in [0.15, 0.2) is 0 Å². The number of carbonyl (C=O) groups excluding carboxylic acids is 3. The number of benzene rings is 1. The van der Waals surface area contributed by atoms with E-state index in [-0.39, 0.29) is 29.7 Å². The first-order valence-electron chi connectivity index (χ1n) is 10.4. The van der Waals surface area contributed by atoms with Crippen LogP contribution in [0.2, 0.25) is 0 Å². The van der Waals surface area contributed by atoms with Gasteiger partial charge in [0.1, 0.15) is 12.3 Å². The molecule has 2 rings (SSSR count). The molecule has 1 aromatic rings. The molecule has 1 aromatic carbocycles. The van der Waals surface area contributed by atoms with Crippen LogP contribution in [-0.4, -0.2) is 40.7 Å². The Bertz CT molecular complexity index is 822. The van der Waals surface area contributed by atoms with Crippen molar-refractivity contribution < 1.29 is 19.5 Å². The number of allylic oxidation sites excluding steroid dienone is 1. The lowest BCUT2D eigenvalue weighted by Crippen LogP contribution is -2.42. The molecule has 1 aliphatic heterocycles. The van der Waals surface area contributed by atoms with Crippen molar-refractivity contribution in [2.45, 2.75) is 71.6 Å². The number of hydrogen-bond acceptors (Lipinski definition) is 4. The second-order valence-corrected chi connectivity index (χ2v) is 9.94.